The van der Waals surface area contributed by atoms with Gasteiger partial charge in [0.2, 0.25) is 5.91 Å². The fourth-order valence-corrected chi connectivity index (χ4v) is 9.76. The zero-order valence-corrected chi connectivity index (χ0v) is 39.5. The number of aliphatic imine (C=N–C) groups is 1. The average Bonchev–Trinajstić information content (AvgIpc) is 4.21. The highest BCUT2D eigenvalue weighted by atomic mass is 32.2. The minimum Gasteiger partial charge on any atom is -0.382 e. The normalized spacial score (nSPS) is 14.7. The first kappa shape index (κ1) is 45.3. The molecule has 2 aliphatic carbocycles. The monoisotopic (exact) mass is 930 g/mol. The van der Waals surface area contributed by atoms with Gasteiger partial charge in [0, 0.05) is 57.4 Å². The molecule has 19 nitrogen and oxygen atoms in total. The maximum atomic E-state index is 10.4. The van der Waals surface area contributed by atoms with E-state index in [2.05, 4.69) is 59.3 Å². The SMILES string of the molecule is CN=C1NC(=O)CS1.Cn1cnc2c(N)nc3c(c21)CCCC3.Cn1cnc2c(N)nc3c(c21)CCCC3.Cn1cnc2c(N)nc3ccccc3c21.Cn1cnc2c(N)nc3ccccc3c21. The number of imidazole rings is 4. The zero-order chi connectivity index (χ0) is 47.6. The Labute approximate surface area is 395 Å². The number of amides is 1. The number of pyridine rings is 4. The molecule has 1 fully saturated rings. The summed E-state index contributed by atoms with van der Waals surface area (Å²) in [4.78, 5) is 48.8. The summed E-state index contributed by atoms with van der Waals surface area (Å²) in [6, 6.07) is 15.9. The molecular weight excluding hydrogens is 877 g/mol. The maximum absolute atomic E-state index is 10.4. The third-order valence-electron chi connectivity index (χ3n) is 12.3. The summed E-state index contributed by atoms with van der Waals surface area (Å²) in [6.07, 6.45) is 16.4. The number of nitrogen functional groups attached to an aromatic ring is 4. The average molecular weight is 931 g/mol. The first-order valence-corrected chi connectivity index (χ1v) is 23.4. The molecule has 1 saturated heterocycles. The van der Waals surface area contributed by atoms with Crippen molar-refractivity contribution in [2.75, 3.05) is 35.7 Å². The van der Waals surface area contributed by atoms with Crippen LogP contribution in [0.15, 0.2) is 78.8 Å². The number of carbonyl (C=O) groups excluding carboxylic acids is 1. The van der Waals surface area contributed by atoms with E-state index in [1.165, 1.54) is 71.0 Å². The number of nitrogens with one attached hydrogen (secondary N) is 1. The highest BCUT2D eigenvalue weighted by molar-refractivity contribution is 8.15. The van der Waals surface area contributed by atoms with Crippen molar-refractivity contribution in [3.05, 3.63) is 96.4 Å². The van der Waals surface area contributed by atoms with E-state index in [0.29, 0.717) is 29.0 Å². The largest absolute Gasteiger partial charge is 0.382 e. The molecule has 0 atom stereocenters. The second-order valence-electron chi connectivity index (χ2n) is 16.9. The van der Waals surface area contributed by atoms with Gasteiger partial charge in [-0.2, -0.15) is 0 Å². The van der Waals surface area contributed by atoms with E-state index in [0.717, 1.165) is 85.8 Å². The lowest BCUT2D eigenvalue weighted by Crippen LogP contribution is -2.19. The summed E-state index contributed by atoms with van der Waals surface area (Å²) < 4.78 is 8.04. The molecule has 0 bridgehead atoms. The molecule has 13 rings (SSSR count). The Kier molecular flexibility index (Phi) is 12.8. The number of nitrogens with two attached hydrogens (primary N) is 4. The molecule has 3 aliphatic rings. The van der Waals surface area contributed by atoms with Crippen molar-refractivity contribution in [3.8, 4) is 0 Å². The van der Waals surface area contributed by atoms with Crippen LogP contribution >= 0.6 is 11.8 Å². The number of hydrogen-bond acceptors (Lipinski definition) is 15. The van der Waals surface area contributed by atoms with E-state index in [4.69, 9.17) is 22.9 Å². The predicted octanol–water partition coefficient (Wildman–Crippen LogP) is 6.10. The molecule has 9 heterocycles. The van der Waals surface area contributed by atoms with Crippen molar-refractivity contribution in [2.45, 2.75) is 51.4 Å². The van der Waals surface area contributed by atoms with Crippen molar-refractivity contribution in [2.24, 2.45) is 33.2 Å². The van der Waals surface area contributed by atoms with Crippen molar-refractivity contribution in [3.63, 3.8) is 0 Å². The number of para-hydroxylation sites is 2. The van der Waals surface area contributed by atoms with Crippen molar-refractivity contribution < 1.29 is 4.79 Å². The van der Waals surface area contributed by atoms with E-state index < -0.39 is 0 Å². The summed E-state index contributed by atoms with van der Waals surface area (Å²) >= 11 is 1.44. The Morgan fingerprint density at radius 2 is 0.897 bits per heavy atom. The van der Waals surface area contributed by atoms with E-state index in [-0.39, 0.29) is 5.91 Å². The minimum atomic E-state index is 0.0515. The number of rotatable bonds is 0. The van der Waals surface area contributed by atoms with Crippen LogP contribution in [0.4, 0.5) is 23.3 Å². The van der Waals surface area contributed by atoms with Gasteiger partial charge in [-0.1, -0.05) is 48.2 Å². The fraction of sp³-hybridized carbons (Fsp3) is 0.292. The summed E-state index contributed by atoms with van der Waals surface area (Å²) in [5.74, 6) is 2.70. The standard InChI is InChI=1S/2C11H14N4.2C11H10N4.C4H6N2OS/c4*1-15-6-13-9-10(15)7-4-2-3-5-8(7)14-11(9)12;1-5-4-6-3(7)2-8-4/h2*6H,2-5H2,1H3,(H2,12,14);2*2-6H,1H3,(H2,12,14);2H2,1H3,(H,5,6,7). The molecule has 1 aliphatic heterocycles. The van der Waals surface area contributed by atoms with Gasteiger partial charge in [-0.05, 0) is 74.6 Å². The Morgan fingerprint density at radius 3 is 1.28 bits per heavy atom. The lowest BCUT2D eigenvalue weighted by atomic mass is 9.95. The molecule has 8 aromatic heterocycles. The number of benzene rings is 2. The Hall–Kier alpha value is -7.87. The van der Waals surface area contributed by atoms with E-state index in [1.807, 2.05) is 98.5 Å². The molecule has 2 aromatic carbocycles. The lowest BCUT2D eigenvalue weighted by molar-refractivity contribution is -0.116. The number of anilines is 4. The van der Waals surface area contributed by atoms with Gasteiger partial charge in [0.15, 0.2) is 28.4 Å². The molecule has 10 aromatic rings. The molecule has 0 spiro atoms. The third-order valence-corrected chi connectivity index (χ3v) is 13.2. The van der Waals surface area contributed by atoms with Crippen LogP contribution in [0.3, 0.4) is 0 Å². The first-order chi connectivity index (χ1) is 32.9. The van der Waals surface area contributed by atoms with Gasteiger partial charge >= 0.3 is 0 Å². The molecule has 9 N–H and O–H groups in total. The maximum Gasteiger partial charge on any atom is 0.236 e. The van der Waals surface area contributed by atoms with E-state index in [1.54, 1.807) is 19.7 Å². The number of fused-ring (bicyclic) bond motifs is 12. The number of amidine groups is 1. The van der Waals surface area contributed by atoms with Crippen molar-refractivity contribution in [1.82, 2.24) is 63.5 Å². The molecule has 20 heteroatoms. The number of aryl methyl sites for hydroxylation is 8. The molecule has 1 amide bonds. The highest BCUT2D eigenvalue weighted by Gasteiger charge is 2.20. The summed E-state index contributed by atoms with van der Waals surface area (Å²) in [6.45, 7) is 0. The van der Waals surface area contributed by atoms with Crippen LogP contribution in [0.1, 0.15) is 48.2 Å². The van der Waals surface area contributed by atoms with Gasteiger partial charge < -0.3 is 46.5 Å². The summed E-state index contributed by atoms with van der Waals surface area (Å²) in [7, 11) is 9.61. The predicted molar refractivity (Wildman–Crippen MR) is 274 cm³/mol. The van der Waals surface area contributed by atoms with Gasteiger partial charge in [-0.15, -0.1) is 0 Å². The zero-order valence-electron chi connectivity index (χ0n) is 38.7. The number of hydrogen-bond donors (Lipinski definition) is 5. The van der Waals surface area contributed by atoms with Crippen LogP contribution < -0.4 is 28.3 Å². The summed E-state index contributed by atoms with van der Waals surface area (Å²) in [5, 5.41) is 5.48. The Balaban J connectivity index is 0.000000108. The van der Waals surface area contributed by atoms with Crippen molar-refractivity contribution >= 4 is 112 Å². The van der Waals surface area contributed by atoms with Gasteiger partial charge in [-0.25, -0.2) is 39.9 Å². The Morgan fingerprint density at radius 1 is 0.529 bits per heavy atom. The molecule has 0 saturated carbocycles. The molecular formula is C48H54N18OS. The molecule has 0 radical (unpaired) electrons. The first-order valence-electron chi connectivity index (χ1n) is 22.4. The number of aromatic nitrogens is 12. The van der Waals surface area contributed by atoms with Gasteiger partial charge in [-0.3, -0.25) is 9.79 Å². The molecule has 348 valence electrons. The van der Waals surface area contributed by atoms with Crippen molar-refractivity contribution in [1.29, 1.82) is 0 Å². The van der Waals surface area contributed by atoms with Crippen LogP contribution in [0, 0.1) is 0 Å². The topological polar surface area (TPSA) is 268 Å². The minimum absolute atomic E-state index is 0.0515. The van der Waals surface area contributed by atoms with Crippen LogP contribution in [-0.2, 0) is 58.7 Å². The van der Waals surface area contributed by atoms with Crippen LogP contribution in [0.25, 0.3) is 65.9 Å². The second kappa shape index (κ2) is 19.2. The van der Waals surface area contributed by atoms with Gasteiger partial charge in [0.05, 0.1) is 64.2 Å². The highest BCUT2D eigenvalue weighted by Crippen LogP contribution is 2.32. The number of thioether (sulfide) groups is 1. The van der Waals surface area contributed by atoms with Crippen LogP contribution in [0.2, 0.25) is 0 Å². The third kappa shape index (κ3) is 8.76. The van der Waals surface area contributed by atoms with Gasteiger partial charge in [0.1, 0.15) is 22.1 Å². The second-order valence-corrected chi connectivity index (χ2v) is 17.8. The Bertz CT molecular complexity index is 3330. The van der Waals surface area contributed by atoms with E-state index in [9.17, 15) is 4.79 Å². The molecule has 68 heavy (non-hydrogen) atoms. The number of nitrogens with zero attached hydrogens (tertiary/aromatic N) is 13. The fourth-order valence-electron chi connectivity index (χ4n) is 9.10. The quantitative estimate of drug-likeness (QED) is 0.115. The van der Waals surface area contributed by atoms with Gasteiger partial charge in [0.25, 0.3) is 0 Å². The number of carbonyl (C=O) groups is 1. The lowest BCUT2D eigenvalue weighted by Gasteiger charge is -2.16. The van der Waals surface area contributed by atoms with Crippen LogP contribution in [0.5, 0.6) is 0 Å². The smallest absolute Gasteiger partial charge is 0.236 e. The van der Waals surface area contributed by atoms with E-state index >= 15 is 0 Å². The summed E-state index contributed by atoms with van der Waals surface area (Å²) in [5.41, 5.74) is 38.1. The van der Waals surface area contributed by atoms with Crippen LogP contribution in [-0.4, -0.2) is 82.0 Å². The molecule has 0 unspecified atom stereocenters.